The van der Waals surface area contributed by atoms with Crippen molar-refractivity contribution in [3.05, 3.63) is 20.8 Å². The first-order chi connectivity index (χ1) is 7.83. The number of hydrogen-bond donors (Lipinski definition) is 1. The predicted octanol–water partition coefficient (Wildman–Crippen LogP) is 4.45. The van der Waals surface area contributed by atoms with Gasteiger partial charge in [-0.2, -0.15) is 23.1 Å². The highest BCUT2D eigenvalue weighted by molar-refractivity contribution is 9.10. The third kappa shape index (κ3) is 3.03. The van der Waals surface area contributed by atoms with Crippen molar-refractivity contribution in [2.75, 3.05) is 12.3 Å². The van der Waals surface area contributed by atoms with Crippen LogP contribution >= 0.6 is 39.0 Å². The SMILES string of the molecule is CCNC(c1cscc1Br)C1CCCCS1. The van der Waals surface area contributed by atoms with Crippen LogP contribution in [0.4, 0.5) is 0 Å². The van der Waals surface area contributed by atoms with Gasteiger partial charge >= 0.3 is 0 Å². The molecule has 2 unspecified atom stereocenters. The van der Waals surface area contributed by atoms with Gasteiger partial charge in [0, 0.05) is 21.1 Å². The van der Waals surface area contributed by atoms with E-state index in [1.807, 2.05) is 0 Å². The van der Waals surface area contributed by atoms with Gasteiger partial charge in [-0.05, 0) is 52.0 Å². The first-order valence-corrected chi connectivity index (χ1v) is 8.68. The summed E-state index contributed by atoms with van der Waals surface area (Å²) in [5, 5.41) is 8.87. The van der Waals surface area contributed by atoms with E-state index in [9.17, 15) is 0 Å². The van der Waals surface area contributed by atoms with Crippen LogP contribution < -0.4 is 5.32 Å². The lowest BCUT2D eigenvalue weighted by atomic mass is 10.0. The first-order valence-electron chi connectivity index (χ1n) is 5.89. The van der Waals surface area contributed by atoms with E-state index in [-0.39, 0.29) is 0 Å². The number of thioether (sulfide) groups is 1. The first kappa shape index (κ1) is 12.9. The van der Waals surface area contributed by atoms with E-state index in [2.05, 4.69) is 50.7 Å². The van der Waals surface area contributed by atoms with Crippen molar-refractivity contribution in [3.63, 3.8) is 0 Å². The molecule has 0 radical (unpaired) electrons. The summed E-state index contributed by atoms with van der Waals surface area (Å²) < 4.78 is 1.27. The summed E-state index contributed by atoms with van der Waals surface area (Å²) in [6.07, 6.45) is 4.14. The summed E-state index contributed by atoms with van der Waals surface area (Å²) in [5.74, 6) is 1.33. The Morgan fingerprint density at radius 1 is 1.50 bits per heavy atom. The van der Waals surface area contributed by atoms with E-state index in [0.29, 0.717) is 6.04 Å². The molecule has 0 bridgehead atoms. The summed E-state index contributed by atoms with van der Waals surface area (Å²) in [6.45, 7) is 3.24. The summed E-state index contributed by atoms with van der Waals surface area (Å²) in [7, 11) is 0. The maximum Gasteiger partial charge on any atom is 0.0460 e. The molecule has 1 aromatic rings. The van der Waals surface area contributed by atoms with Crippen LogP contribution in [-0.2, 0) is 0 Å². The molecule has 0 aliphatic carbocycles. The maximum absolute atomic E-state index is 3.66. The van der Waals surface area contributed by atoms with Crippen molar-refractivity contribution < 1.29 is 0 Å². The highest BCUT2D eigenvalue weighted by Crippen LogP contribution is 2.38. The zero-order valence-corrected chi connectivity index (χ0v) is 12.8. The summed E-state index contributed by atoms with van der Waals surface area (Å²) in [6, 6.07) is 0.524. The molecule has 4 heteroatoms. The molecule has 90 valence electrons. The molecule has 2 rings (SSSR count). The molecule has 1 nitrogen and oxygen atoms in total. The molecule has 0 spiro atoms. The lowest BCUT2D eigenvalue weighted by Gasteiger charge is -2.30. The van der Waals surface area contributed by atoms with E-state index in [1.165, 1.54) is 35.1 Å². The Morgan fingerprint density at radius 2 is 2.38 bits per heavy atom. The van der Waals surface area contributed by atoms with Crippen molar-refractivity contribution in [1.29, 1.82) is 0 Å². The number of nitrogens with one attached hydrogen (secondary N) is 1. The Bertz CT molecular complexity index is 321. The van der Waals surface area contributed by atoms with Crippen LogP contribution in [0, 0.1) is 0 Å². The Labute approximate surface area is 115 Å². The molecule has 0 aromatic carbocycles. The minimum atomic E-state index is 0.524. The molecular weight excluding hydrogens is 302 g/mol. The van der Waals surface area contributed by atoms with E-state index in [4.69, 9.17) is 0 Å². The normalized spacial score (nSPS) is 23.2. The zero-order chi connectivity index (χ0) is 11.4. The number of hydrogen-bond acceptors (Lipinski definition) is 3. The van der Waals surface area contributed by atoms with E-state index in [0.717, 1.165) is 11.8 Å². The highest BCUT2D eigenvalue weighted by Gasteiger charge is 2.26. The third-order valence-corrected chi connectivity index (χ3v) is 6.20. The quantitative estimate of drug-likeness (QED) is 0.880. The lowest BCUT2D eigenvalue weighted by molar-refractivity contribution is 0.491. The fourth-order valence-corrected chi connectivity index (χ4v) is 5.23. The summed E-state index contributed by atoms with van der Waals surface area (Å²) in [4.78, 5) is 0. The number of halogens is 1. The van der Waals surface area contributed by atoms with Gasteiger partial charge in [0.05, 0.1) is 0 Å². The Kier molecular flexibility index (Phi) is 5.20. The van der Waals surface area contributed by atoms with Crippen molar-refractivity contribution in [3.8, 4) is 0 Å². The van der Waals surface area contributed by atoms with Gasteiger partial charge in [-0.15, -0.1) is 0 Å². The summed E-state index contributed by atoms with van der Waals surface area (Å²) >= 11 is 7.59. The molecule has 1 fully saturated rings. The zero-order valence-electron chi connectivity index (χ0n) is 9.54. The standard InChI is InChI=1S/C12H18BrNS2/c1-2-14-12(9-7-15-8-10(9)13)11-5-3-4-6-16-11/h7-8,11-12,14H,2-6H2,1H3. The van der Waals surface area contributed by atoms with Crippen molar-refractivity contribution in [2.45, 2.75) is 37.5 Å². The molecule has 1 saturated heterocycles. The van der Waals surface area contributed by atoms with Crippen LogP contribution in [0.2, 0.25) is 0 Å². The number of thiophene rings is 1. The van der Waals surface area contributed by atoms with Crippen LogP contribution in [0.3, 0.4) is 0 Å². The van der Waals surface area contributed by atoms with Crippen LogP contribution in [0.25, 0.3) is 0 Å². The van der Waals surface area contributed by atoms with Gasteiger partial charge in [0.25, 0.3) is 0 Å². The molecule has 0 saturated carbocycles. The van der Waals surface area contributed by atoms with Gasteiger partial charge in [0.2, 0.25) is 0 Å². The molecule has 1 N–H and O–H groups in total. The molecule has 0 amide bonds. The van der Waals surface area contributed by atoms with Crippen LogP contribution in [-0.4, -0.2) is 17.5 Å². The molecular formula is C12H18BrNS2. The second-order valence-electron chi connectivity index (χ2n) is 4.12. The second kappa shape index (κ2) is 6.43. The molecule has 16 heavy (non-hydrogen) atoms. The smallest absolute Gasteiger partial charge is 0.0460 e. The van der Waals surface area contributed by atoms with E-state index >= 15 is 0 Å². The fraction of sp³-hybridized carbons (Fsp3) is 0.667. The average molecular weight is 320 g/mol. The molecule has 1 aliphatic heterocycles. The Balaban J connectivity index is 2.12. The minimum Gasteiger partial charge on any atom is -0.309 e. The molecule has 2 atom stereocenters. The van der Waals surface area contributed by atoms with E-state index in [1.54, 1.807) is 11.3 Å². The topological polar surface area (TPSA) is 12.0 Å². The van der Waals surface area contributed by atoms with Gasteiger partial charge < -0.3 is 5.32 Å². The maximum atomic E-state index is 3.66. The van der Waals surface area contributed by atoms with Crippen molar-refractivity contribution in [1.82, 2.24) is 5.32 Å². The van der Waals surface area contributed by atoms with Gasteiger partial charge in [0.15, 0.2) is 0 Å². The predicted molar refractivity (Wildman–Crippen MR) is 78.5 cm³/mol. The Hall–Kier alpha value is 0.490. The van der Waals surface area contributed by atoms with Crippen molar-refractivity contribution in [2.24, 2.45) is 0 Å². The fourth-order valence-electron chi connectivity index (χ4n) is 2.20. The van der Waals surface area contributed by atoms with Gasteiger partial charge in [0.1, 0.15) is 0 Å². The van der Waals surface area contributed by atoms with Crippen molar-refractivity contribution >= 4 is 39.0 Å². The van der Waals surface area contributed by atoms with E-state index < -0.39 is 0 Å². The Morgan fingerprint density at radius 3 is 2.94 bits per heavy atom. The second-order valence-corrected chi connectivity index (χ2v) is 7.06. The lowest BCUT2D eigenvalue weighted by Crippen LogP contribution is -2.31. The monoisotopic (exact) mass is 319 g/mol. The highest BCUT2D eigenvalue weighted by atomic mass is 79.9. The van der Waals surface area contributed by atoms with Gasteiger partial charge in [-0.25, -0.2) is 0 Å². The minimum absolute atomic E-state index is 0.524. The largest absolute Gasteiger partial charge is 0.309 e. The van der Waals surface area contributed by atoms with Gasteiger partial charge in [-0.3, -0.25) is 0 Å². The number of rotatable bonds is 4. The third-order valence-electron chi connectivity index (χ3n) is 2.99. The molecule has 1 aliphatic rings. The molecule has 1 aromatic heterocycles. The van der Waals surface area contributed by atoms with Crippen LogP contribution in [0.15, 0.2) is 15.2 Å². The van der Waals surface area contributed by atoms with Gasteiger partial charge in [-0.1, -0.05) is 13.3 Å². The van der Waals surface area contributed by atoms with Crippen LogP contribution in [0.5, 0.6) is 0 Å². The van der Waals surface area contributed by atoms with Crippen LogP contribution in [0.1, 0.15) is 37.8 Å². The summed E-state index contributed by atoms with van der Waals surface area (Å²) in [5.41, 5.74) is 1.45. The molecule has 2 heterocycles. The average Bonchev–Trinajstić information content (AvgIpc) is 2.73.